The molecule has 0 aromatic rings. The van der Waals surface area contributed by atoms with E-state index >= 15 is 0 Å². The SMILES string of the molecule is CC[SH]=C=NOC. The Labute approximate surface area is 47.1 Å². The van der Waals surface area contributed by atoms with Crippen LogP contribution in [0, 0.1) is 0 Å². The number of nitrogens with zero attached hydrogens (tertiary/aromatic N) is 1. The topological polar surface area (TPSA) is 21.6 Å². The summed E-state index contributed by atoms with van der Waals surface area (Å²) in [6.45, 7) is 2.06. The molecule has 0 aromatic carbocycles. The summed E-state index contributed by atoms with van der Waals surface area (Å²) < 4.78 is 0. The maximum atomic E-state index is 4.35. The van der Waals surface area contributed by atoms with Gasteiger partial charge < -0.3 is 4.84 Å². The smallest absolute Gasteiger partial charge is 0.107 e. The molecule has 0 aliphatic rings. The van der Waals surface area contributed by atoms with Gasteiger partial charge in [0.15, 0.2) is 0 Å². The maximum absolute atomic E-state index is 4.35. The summed E-state index contributed by atoms with van der Waals surface area (Å²) in [7, 11) is 1.51. The van der Waals surface area contributed by atoms with Gasteiger partial charge in [0.2, 0.25) is 0 Å². The third-order valence-electron chi connectivity index (χ3n) is 0.361. The summed E-state index contributed by atoms with van der Waals surface area (Å²) in [5.74, 6) is 1.05. The van der Waals surface area contributed by atoms with Gasteiger partial charge in [0, 0.05) is 0 Å². The molecule has 2 nitrogen and oxygen atoms in total. The molecule has 0 saturated heterocycles. The lowest BCUT2D eigenvalue weighted by molar-refractivity contribution is 0.216. The molecule has 0 aliphatic heterocycles. The highest BCUT2D eigenvalue weighted by Crippen LogP contribution is 1.76. The zero-order chi connectivity index (χ0) is 5.54. The standard InChI is InChI=1S/C4H9NOS/c1-3-7-4-5-6-2/h7H,3H2,1-2H3. The highest BCUT2D eigenvalue weighted by molar-refractivity contribution is 7.96. The van der Waals surface area contributed by atoms with Crippen LogP contribution >= 0.6 is 11.4 Å². The highest BCUT2D eigenvalue weighted by Gasteiger charge is 1.55. The highest BCUT2D eigenvalue weighted by atomic mass is 32.1. The molecular weight excluding hydrogens is 110 g/mol. The molecule has 0 fully saturated rings. The van der Waals surface area contributed by atoms with Crippen LogP contribution in [0.25, 0.3) is 0 Å². The second-order valence-corrected chi connectivity index (χ2v) is 2.00. The van der Waals surface area contributed by atoms with E-state index in [1.165, 1.54) is 7.11 Å². The van der Waals surface area contributed by atoms with Crippen LogP contribution in [-0.2, 0) is 4.84 Å². The third-order valence-corrected chi connectivity index (χ3v) is 0.900. The van der Waals surface area contributed by atoms with E-state index in [0.29, 0.717) is 0 Å². The predicted octanol–water partition coefficient (Wildman–Crippen LogP) is 0.938. The fraction of sp³-hybridized carbons (Fsp3) is 0.750. The molecule has 0 amide bonds. The second-order valence-electron chi connectivity index (χ2n) is 0.848. The summed E-state index contributed by atoms with van der Waals surface area (Å²) in [5.41, 5.74) is 0. The van der Waals surface area contributed by atoms with Gasteiger partial charge in [0.05, 0.1) is 5.16 Å². The van der Waals surface area contributed by atoms with Gasteiger partial charge >= 0.3 is 0 Å². The van der Waals surface area contributed by atoms with Gasteiger partial charge in [-0.25, -0.2) is 0 Å². The third kappa shape index (κ3) is 5.73. The zero-order valence-electron chi connectivity index (χ0n) is 4.51. The first-order valence-electron chi connectivity index (χ1n) is 2.06. The van der Waals surface area contributed by atoms with E-state index < -0.39 is 0 Å². The van der Waals surface area contributed by atoms with Gasteiger partial charge in [-0.2, -0.15) is 0 Å². The quantitative estimate of drug-likeness (QED) is 0.248. The first-order chi connectivity index (χ1) is 3.41. The van der Waals surface area contributed by atoms with Crippen molar-refractivity contribution in [1.82, 2.24) is 0 Å². The Morgan fingerprint density at radius 3 is 3.00 bits per heavy atom. The molecule has 0 radical (unpaired) electrons. The summed E-state index contributed by atoms with van der Waals surface area (Å²) in [6.07, 6.45) is 0. The molecule has 0 rings (SSSR count). The van der Waals surface area contributed by atoms with Crippen LogP contribution < -0.4 is 0 Å². The lowest BCUT2D eigenvalue weighted by atomic mass is 11.0. The molecule has 0 bridgehead atoms. The van der Waals surface area contributed by atoms with E-state index in [0.717, 1.165) is 17.1 Å². The van der Waals surface area contributed by atoms with Crippen LogP contribution in [0.1, 0.15) is 6.92 Å². The average Bonchev–Trinajstić information content (AvgIpc) is 1.69. The molecule has 0 aromatic heterocycles. The van der Waals surface area contributed by atoms with Gasteiger partial charge in [-0.15, -0.1) is 11.4 Å². The summed E-state index contributed by atoms with van der Waals surface area (Å²) in [5, 5.41) is 6.06. The van der Waals surface area contributed by atoms with Crippen LogP contribution in [0.2, 0.25) is 0 Å². The number of hydrogen-bond donors (Lipinski definition) is 1. The molecule has 42 valence electrons. The minimum atomic E-state index is 1.05. The van der Waals surface area contributed by atoms with Crippen molar-refractivity contribution in [3.63, 3.8) is 0 Å². The maximum Gasteiger partial charge on any atom is 0.107 e. The number of rotatable bonds is 2. The molecule has 7 heavy (non-hydrogen) atoms. The average molecular weight is 119 g/mol. The molecule has 0 unspecified atom stereocenters. The number of hydrogen-bond acceptors (Lipinski definition) is 2. The van der Waals surface area contributed by atoms with Crippen molar-refractivity contribution >= 4 is 16.5 Å². The monoisotopic (exact) mass is 119 g/mol. The first-order valence-corrected chi connectivity index (χ1v) is 3.14. The first kappa shape index (κ1) is 6.73. The Morgan fingerprint density at radius 2 is 2.57 bits per heavy atom. The van der Waals surface area contributed by atoms with E-state index in [4.69, 9.17) is 0 Å². The van der Waals surface area contributed by atoms with Crippen LogP contribution in [0.4, 0.5) is 0 Å². The van der Waals surface area contributed by atoms with Gasteiger partial charge in [-0.3, -0.25) is 0 Å². The molecule has 0 N–H and O–H groups in total. The molecule has 0 atom stereocenters. The summed E-state index contributed by atoms with van der Waals surface area (Å²) in [4.78, 5) is 4.35. The molecule has 0 heterocycles. The van der Waals surface area contributed by atoms with Crippen molar-refractivity contribution in [2.45, 2.75) is 6.92 Å². The van der Waals surface area contributed by atoms with E-state index in [2.05, 4.69) is 22.1 Å². The zero-order valence-corrected chi connectivity index (χ0v) is 5.40. The van der Waals surface area contributed by atoms with Gasteiger partial charge in [0.25, 0.3) is 0 Å². The summed E-state index contributed by atoms with van der Waals surface area (Å²) in [6, 6.07) is 0. The Balaban J connectivity index is 3.21. The van der Waals surface area contributed by atoms with Gasteiger partial charge in [0.1, 0.15) is 7.11 Å². The van der Waals surface area contributed by atoms with E-state index in [-0.39, 0.29) is 0 Å². The lowest BCUT2D eigenvalue weighted by Gasteiger charge is -1.74. The Hall–Kier alpha value is -0.270. The molecule has 0 aliphatic carbocycles. The Bertz CT molecular complexity index is 77.7. The molecular formula is C4H9NOS. The van der Waals surface area contributed by atoms with E-state index in [1.54, 1.807) is 0 Å². The lowest BCUT2D eigenvalue weighted by Crippen LogP contribution is -1.61. The Morgan fingerprint density at radius 1 is 1.86 bits per heavy atom. The van der Waals surface area contributed by atoms with E-state index in [9.17, 15) is 0 Å². The molecule has 0 spiro atoms. The summed E-state index contributed by atoms with van der Waals surface area (Å²) >= 11 is 1.09. The number of isothiocyanates is 1. The van der Waals surface area contributed by atoms with Crippen LogP contribution in [0.15, 0.2) is 5.16 Å². The van der Waals surface area contributed by atoms with Crippen LogP contribution in [0.3, 0.4) is 0 Å². The van der Waals surface area contributed by atoms with Crippen LogP contribution in [0.5, 0.6) is 0 Å². The van der Waals surface area contributed by atoms with E-state index in [1.807, 2.05) is 0 Å². The van der Waals surface area contributed by atoms with Crippen molar-refractivity contribution in [2.75, 3.05) is 12.9 Å². The normalized spacial score (nSPS) is 7.14. The second kappa shape index (κ2) is 5.73. The van der Waals surface area contributed by atoms with Gasteiger partial charge in [-0.05, 0) is 10.9 Å². The largest absolute Gasteiger partial charge is 0.392 e. The van der Waals surface area contributed by atoms with Crippen molar-refractivity contribution in [3.8, 4) is 0 Å². The van der Waals surface area contributed by atoms with Crippen molar-refractivity contribution in [3.05, 3.63) is 0 Å². The molecule has 3 heteroatoms. The Kier molecular flexibility index (Phi) is 5.51. The number of thiol groups is 1. The van der Waals surface area contributed by atoms with Gasteiger partial charge in [-0.1, -0.05) is 6.92 Å². The minimum Gasteiger partial charge on any atom is -0.392 e. The fourth-order valence-corrected chi connectivity index (χ4v) is 0.421. The van der Waals surface area contributed by atoms with Crippen molar-refractivity contribution in [1.29, 1.82) is 0 Å². The molecule has 0 saturated carbocycles. The van der Waals surface area contributed by atoms with Crippen molar-refractivity contribution in [2.24, 2.45) is 5.16 Å². The van der Waals surface area contributed by atoms with Crippen LogP contribution in [-0.4, -0.2) is 18.0 Å². The minimum absolute atomic E-state index is 1.05. The predicted molar refractivity (Wildman–Crippen MR) is 34.0 cm³/mol. The van der Waals surface area contributed by atoms with Crippen molar-refractivity contribution < 1.29 is 4.84 Å². The fourth-order valence-electron chi connectivity index (χ4n) is 0.140.